The van der Waals surface area contributed by atoms with Gasteiger partial charge in [-0.25, -0.2) is 19.9 Å². The summed E-state index contributed by atoms with van der Waals surface area (Å²) in [7, 11) is 2.06. The van der Waals surface area contributed by atoms with Crippen LogP contribution in [-0.4, -0.2) is 69.4 Å². The second kappa shape index (κ2) is 11.2. The largest absolute Gasteiger partial charge is 0.418 e. The second-order valence-corrected chi connectivity index (χ2v) is 10.3. The van der Waals surface area contributed by atoms with Crippen molar-refractivity contribution in [2.75, 3.05) is 36.9 Å². The molecule has 0 radical (unpaired) electrons. The summed E-state index contributed by atoms with van der Waals surface area (Å²) in [5, 5.41) is 4.96. The third kappa shape index (κ3) is 6.37. The zero-order chi connectivity index (χ0) is 27.6. The molecule has 1 aliphatic heterocycles. The highest BCUT2D eigenvalue weighted by Gasteiger charge is 2.34. The summed E-state index contributed by atoms with van der Waals surface area (Å²) < 4.78 is 39.2. The Bertz CT molecular complexity index is 1340. The molecule has 0 saturated carbocycles. The SMILES string of the molecule is CC1CN(c2cc(C(=O)N[C@H](C)c3ncc(C(=O)Nc4cc(C(F)(F)F)c(Cl)cn4)s3)ncn2)CCN1C. The van der Waals surface area contributed by atoms with Gasteiger partial charge in [0, 0.05) is 37.9 Å². The van der Waals surface area contributed by atoms with E-state index in [1.54, 1.807) is 13.0 Å². The van der Waals surface area contributed by atoms with E-state index in [1.165, 1.54) is 12.5 Å². The van der Waals surface area contributed by atoms with Crippen LogP contribution >= 0.6 is 22.9 Å². The average Bonchev–Trinajstić information content (AvgIpc) is 3.37. The van der Waals surface area contributed by atoms with Gasteiger partial charge < -0.3 is 20.4 Å². The van der Waals surface area contributed by atoms with Gasteiger partial charge in [-0.3, -0.25) is 9.59 Å². The van der Waals surface area contributed by atoms with Gasteiger partial charge in [0.25, 0.3) is 11.8 Å². The number of carbonyl (C=O) groups excluding carboxylic acids is 2. The van der Waals surface area contributed by atoms with Crippen LogP contribution < -0.4 is 15.5 Å². The van der Waals surface area contributed by atoms with E-state index in [4.69, 9.17) is 11.6 Å². The lowest BCUT2D eigenvalue weighted by Crippen LogP contribution is -2.50. The summed E-state index contributed by atoms with van der Waals surface area (Å²) >= 11 is 6.55. The number of alkyl halides is 3. The Morgan fingerprint density at radius 2 is 1.89 bits per heavy atom. The Hall–Kier alpha value is -3.36. The number of rotatable bonds is 6. The van der Waals surface area contributed by atoms with Crippen LogP contribution in [0.2, 0.25) is 5.02 Å². The molecule has 38 heavy (non-hydrogen) atoms. The maximum absolute atomic E-state index is 13.1. The van der Waals surface area contributed by atoms with E-state index in [2.05, 4.69) is 54.3 Å². The predicted octanol–water partition coefficient (Wildman–Crippen LogP) is 3.88. The Morgan fingerprint density at radius 3 is 2.61 bits per heavy atom. The number of piperazine rings is 1. The second-order valence-electron chi connectivity index (χ2n) is 8.80. The van der Waals surface area contributed by atoms with E-state index in [0.717, 1.165) is 37.2 Å². The van der Waals surface area contributed by atoms with Crippen molar-refractivity contribution in [1.29, 1.82) is 0 Å². The van der Waals surface area contributed by atoms with E-state index in [0.29, 0.717) is 22.9 Å². The van der Waals surface area contributed by atoms with Gasteiger partial charge in [0.15, 0.2) is 0 Å². The monoisotopic (exact) mass is 568 g/mol. The number of amides is 2. The first-order chi connectivity index (χ1) is 17.9. The molecule has 2 atom stereocenters. The van der Waals surface area contributed by atoms with Crippen molar-refractivity contribution >= 4 is 46.4 Å². The van der Waals surface area contributed by atoms with Crippen LogP contribution in [-0.2, 0) is 6.18 Å². The average molecular weight is 569 g/mol. The van der Waals surface area contributed by atoms with Crippen LogP contribution in [0, 0.1) is 0 Å². The first-order valence-corrected chi connectivity index (χ1v) is 12.7. The number of halogens is 4. The summed E-state index contributed by atoms with van der Waals surface area (Å²) in [5.41, 5.74) is -0.918. The van der Waals surface area contributed by atoms with Crippen molar-refractivity contribution in [3.8, 4) is 0 Å². The molecule has 1 fully saturated rings. The highest BCUT2D eigenvalue weighted by molar-refractivity contribution is 7.13. The van der Waals surface area contributed by atoms with E-state index in [1.807, 2.05) is 0 Å². The molecule has 3 aromatic heterocycles. The number of nitrogens with zero attached hydrogens (tertiary/aromatic N) is 6. The van der Waals surface area contributed by atoms with Crippen LogP contribution in [0.15, 0.2) is 30.9 Å². The Morgan fingerprint density at radius 1 is 1.13 bits per heavy atom. The van der Waals surface area contributed by atoms with Crippen molar-refractivity contribution in [3.05, 3.63) is 57.0 Å². The number of nitrogens with one attached hydrogen (secondary N) is 2. The van der Waals surface area contributed by atoms with Crippen LogP contribution in [0.3, 0.4) is 0 Å². The number of pyridine rings is 1. The fourth-order valence-corrected chi connectivity index (χ4v) is 4.75. The topological polar surface area (TPSA) is 116 Å². The third-order valence-electron chi connectivity index (χ3n) is 6.04. The number of anilines is 2. The number of likely N-dealkylation sites (N-methyl/N-ethyl adjacent to an activating group) is 1. The first kappa shape index (κ1) is 27.7. The Labute approximate surface area is 225 Å². The molecule has 1 saturated heterocycles. The molecule has 1 unspecified atom stereocenters. The summed E-state index contributed by atoms with van der Waals surface area (Å²) in [6.07, 6.45) is -1.26. The summed E-state index contributed by atoms with van der Waals surface area (Å²) in [5.74, 6) is -0.778. The van der Waals surface area contributed by atoms with Crippen molar-refractivity contribution in [3.63, 3.8) is 0 Å². The first-order valence-electron chi connectivity index (χ1n) is 11.5. The summed E-state index contributed by atoms with van der Waals surface area (Å²) in [6.45, 7) is 6.25. The zero-order valence-corrected chi connectivity index (χ0v) is 22.2. The molecule has 3 aromatic rings. The molecule has 0 bridgehead atoms. The van der Waals surface area contributed by atoms with Gasteiger partial charge >= 0.3 is 6.18 Å². The van der Waals surface area contributed by atoms with Gasteiger partial charge in [-0.15, -0.1) is 11.3 Å². The molecular formula is C23H24ClF3N8O2S. The van der Waals surface area contributed by atoms with Crippen LogP contribution in [0.25, 0.3) is 0 Å². The highest BCUT2D eigenvalue weighted by Crippen LogP contribution is 2.35. The fraction of sp³-hybridized carbons (Fsp3) is 0.391. The number of carbonyl (C=O) groups is 2. The predicted molar refractivity (Wildman–Crippen MR) is 137 cm³/mol. The summed E-state index contributed by atoms with van der Waals surface area (Å²) in [6, 6.07) is 2.06. The highest BCUT2D eigenvalue weighted by atomic mass is 35.5. The molecule has 15 heteroatoms. The minimum Gasteiger partial charge on any atom is -0.354 e. The number of thiazole rings is 1. The van der Waals surface area contributed by atoms with Crippen molar-refractivity contribution in [1.82, 2.24) is 30.2 Å². The van der Waals surface area contributed by atoms with Crippen molar-refractivity contribution in [2.45, 2.75) is 32.1 Å². The van der Waals surface area contributed by atoms with Crippen LogP contribution in [0.5, 0.6) is 0 Å². The van der Waals surface area contributed by atoms with Gasteiger partial charge in [-0.2, -0.15) is 13.2 Å². The van der Waals surface area contributed by atoms with Crippen LogP contribution in [0.4, 0.5) is 24.8 Å². The molecule has 1 aliphatic rings. The van der Waals surface area contributed by atoms with E-state index < -0.39 is 34.6 Å². The molecule has 0 spiro atoms. The minimum atomic E-state index is -4.70. The Kier molecular flexibility index (Phi) is 8.13. The van der Waals surface area contributed by atoms with Gasteiger partial charge in [-0.1, -0.05) is 11.6 Å². The number of aromatic nitrogens is 4. The van der Waals surface area contributed by atoms with Gasteiger partial charge in [0.2, 0.25) is 0 Å². The molecular weight excluding hydrogens is 545 g/mol. The van der Waals surface area contributed by atoms with Crippen LogP contribution in [0.1, 0.15) is 50.6 Å². The molecule has 202 valence electrons. The van der Waals surface area contributed by atoms with Crippen molar-refractivity contribution < 1.29 is 22.8 Å². The van der Waals surface area contributed by atoms with E-state index in [9.17, 15) is 22.8 Å². The van der Waals surface area contributed by atoms with Gasteiger partial charge in [-0.05, 0) is 27.0 Å². The van der Waals surface area contributed by atoms with Crippen molar-refractivity contribution in [2.24, 2.45) is 0 Å². The molecule has 0 aromatic carbocycles. The molecule has 4 rings (SSSR count). The lowest BCUT2D eigenvalue weighted by Gasteiger charge is -2.38. The molecule has 4 heterocycles. The zero-order valence-electron chi connectivity index (χ0n) is 20.6. The van der Waals surface area contributed by atoms with Gasteiger partial charge in [0.1, 0.15) is 33.5 Å². The standard InChI is InChI=1S/C23H24ClF3N8O2S/c1-12-10-35(5-4-34(12)3)19-7-16(30-11-31-19)20(36)32-13(2)22-29-9-17(38-22)21(37)33-18-6-14(23(25,26)27)15(24)8-28-18/h6-9,11-13H,4-5,10H2,1-3H3,(H,32,36)(H,28,33,37)/t12?,13-/m1/s1. The van der Waals surface area contributed by atoms with Gasteiger partial charge in [0.05, 0.1) is 22.8 Å². The minimum absolute atomic E-state index is 0.125. The molecule has 0 aliphatic carbocycles. The lowest BCUT2D eigenvalue weighted by atomic mass is 10.2. The maximum atomic E-state index is 13.1. The fourth-order valence-electron chi connectivity index (χ4n) is 3.73. The lowest BCUT2D eigenvalue weighted by molar-refractivity contribution is -0.137. The molecule has 10 nitrogen and oxygen atoms in total. The number of hydrogen-bond donors (Lipinski definition) is 2. The smallest absolute Gasteiger partial charge is 0.354 e. The summed E-state index contributed by atoms with van der Waals surface area (Å²) in [4.78, 5) is 46.2. The quantitative estimate of drug-likeness (QED) is 0.460. The molecule has 2 N–H and O–H groups in total. The van der Waals surface area contributed by atoms with E-state index in [-0.39, 0.29) is 16.4 Å². The van der Waals surface area contributed by atoms with E-state index >= 15 is 0 Å². The Balaban J connectivity index is 1.39. The molecule has 2 amide bonds. The third-order valence-corrected chi connectivity index (χ3v) is 7.52. The number of hydrogen-bond acceptors (Lipinski definition) is 9. The normalized spacial score (nSPS) is 17.2. The maximum Gasteiger partial charge on any atom is 0.418 e.